The van der Waals surface area contributed by atoms with Crippen LogP contribution in [0.15, 0.2) is 0 Å². The maximum atomic E-state index is 11.3. The summed E-state index contributed by atoms with van der Waals surface area (Å²) in [5, 5.41) is 18.3. The van der Waals surface area contributed by atoms with Crippen molar-refractivity contribution in [1.82, 2.24) is 4.90 Å². The molecule has 0 aliphatic carbocycles. The zero-order valence-electron chi connectivity index (χ0n) is 8.93. The highest BCUT2D eigenvalue weighted by Gasteiger charge is 2.45. The highest BCUT2D eigenvalue weighted by Crippen LogP contribution is 2.13. The second-order valence-electron chi connectivity index (χ2n) is 4.03. The molecule has 0 spiro atoms. The molecule has 6 heteroatoms. The minimum atomic E-state index is -1.58. The van der Waals surface area contributed by atoms with E-state index in [-0.39, 0.29) is 6.54 Å². The third kappa shape index (κ3) is 2.53. The average Bonchev–Trinajstić information content (AvgIpc) is 2.34. The molecule has 0 aromatic heterocycles. The smallest absolute Gasteiger partial charge is 0.261 e. The van der Waals surface area contributed by atoms with E-state index in [4.69, 9.17) is 10.2 Å². The van der Waals surface area contributed by atoms with E-state index in [0.29, 0.717) is 6.42 Å². The first-order valence-electron chi connectivity index (χ1n) is 4.95. The Morgan fingerprint density at radius 2 is 1.67 bits per heavy atom. The number of rotatable bonds is 4. The molecular formula is C9H17N2O4+. The van der Waals surface area contributed by atoms with Crippen LogP contribution in [0.3, 0.4) is 0 Å². The van der Waals surface area contributed by atoms with Gasteiger partial charge in [-0.3, -0.25) is 14.5 Å². The van der Waals surface area contributed by atoms with Crippen LogP contribution < -0.4 is 4.90 Å². The molecule has 0 aromatic carbocycles. The van der Waals surface area contributed by atoms with Crippen LogP contribution in [-0.4, -0.2) is 66.3 Å². The van der Waals surface area contributed by atoms with Crippen LogP contribution in [0.4, 0.5) is 0 Å². The molecular weight excluding hydrogens is 200 g/mol. The summed E-state index contributed by atoms with van der Waals surface area (Å²) >= 11 is 0. The number of carbonyl (C=O) groups excluding carboxylic acids is 2. The van der Waals surface area contributed by atoms with Crippen LogP contribution in [-0.2, 0) is 9.59 Å². The van der Waals surface area contributed by atoms with Gasteiger partial charge in [0, 0.05) is 13.0 Å². The molecule has 1 aliphatic heterocycles. The van der Waals surface area contributed by atoms with Gasteiger partial charge in [-0.05, 0) is 0 Å². The molecule has 1 saturated heterocycles. The summed E-state index contributed by atoms with van der Waals surface area (Å²) < 4.78 is 0. The van der Waals surface area contributed by atoms with E-state index in [1.807, 2.05) is 14.1 Å². The van der Waals surface area contributed by atoms with Crippen molar-refractivity contribution in [3.8, 4) is 0 Å². The molecule has 1 rings (SSSR count). The van der Waals surface area contributed by atoms with Gasteiger partial charge in [0.05, 0.1) is 20.6 Å². The first kappa shape index (κ1) is 12.1. The maximum Gasteiger partial charge on any atom is 0.261 e. The fraction of sp³-hybridized carbons (Fsp3) is 0.778. The molecule has 2 amide bonds. The maximum absolute atomic E-state index is 11.3. The van der Waals surface area contributed by atoms with Crippen LogP contribution in [0.2, 0.25) is 0 Å². The number of carbonyl (C=O) groups is 2. The van der Waals surface area contributed by atoms with Crippen LogP contribution >= 0.6 is 0 Å². The molecule has 0 saturated carbocycles. The van der Waals surface area contributed by atoms with Crippen LogP contribution in [0.25, 0.3) is 0 Å². The molecule has 2 atom stereocenters. The molecule has 0 unspecified atom stereocenters. The van der Waals surface area contributed by atoms with E-state index in [0.717, 1.165) is 11.4 Å². The van der Waals surface area contributed by atoms with Gasteiger partial charge in [0.1, 0.15) is 0 Å². The van der Waals surface area contributed by atoms with Crippen LogP contribution in [0.5, 0.6) is 0 Å². The summed E-state index contributed by atoms with van der Waals surface area (Å²) in [6, 6.07) is 0. The Hall–Kier alpha value is -0.980. The SMILES string of the molecule is C[NH+](C)CCCN1C(=O)[C@@H](O)[C@H](O)C1=O. The molecule has 0 bridgehead atoms. The number of aliphatic hydroxyl groups excluding tert-OH is 2. The Balaban J connectivity index is 2.48. The van der Waals surface area contributed by atoms with E-state index in [1.165, 1.54) is 4.90 Å². The summed E-state index contributed by atoms with van der Waals surface area (Å²) in [6.45, 7) is 1.08. The summed E-state index contributed by atoms with van der Waals surface area (Å²) in [5.41, 5.74) is 0. The van der Waals surface area contributed by atoms with E-state index in [9.17, 15) is 9.59 Å². The second-order valence-corrected chi connectivity index (χ2v) is 4.03. The molecule has 3 N–H and O–H groups in total. The van der Waals surface area contributed by atoms with Gasteiger partial charge in [0.25, 0.3) is 11.8 Å². The van der Waals surface area contributed by atoms with E-state index >= 15 is 0 Å². The number of quaternary nitrogens is 1. The lowest BCUT2D eigenvalue weighted by molar-refractivity contribution is -0.858. The second kappa shape index (κ2) is 4.69. The van der Waals surface area contributed by atoms with Crippen molar-refractivity contribution in [2.24, 2.45) is 0 Å². The minimum Gasteiger partial charge on any atom is -0.380 e. The highest BCUT2D eigenvalue weighted by molar-refractivity contribution is 6.07. The molecule has 0 radical (unpaired) electrons. The van der Waals surface area contributed by atoms with E-state index in [1.54, 1.807) is 0 Å². The Morgan fingerprint density at radius 3 is 2.07 bits per heavy atom. The van der Waals surface area contributed by atoms with Crippen molar-refractivity contribution in [2.75, 3.05) is 27.2 Å². The molecule has 1 fully saturated rings. The fourth-order valence-corrected chi connectivity index (χ4v) is 1.51. The topological polar surface area (TPSA) is 82.3 Å². The van der Waals surface area contributed by atoms with Gasteiger partial charge in [0.15, 0.2) is 12.2 Å². The number of hydrogen-bond acceptors (Lipinski definition) is 4. The third-order valence-electron chi connectivity index (χ3n) is 2.40. The number of imide groups is 1. The third-order valence-corrected chi connectivity index (χ3v) is 2.40. The van der Waals surface area contributed by atoms with Crippen molar-refractivity contribution in [2.45, 2.75) is 18.6 Å². The molecule has 1 heterocycles. The number of aliphatic hydroxyl groups is 2. The van der Waals surface area contributed by atoms with Crippen molar-refractivity contribution in [3.05, 3.63) is 0 Å². The lowest BCUT2D eigenvalue weighted by atomic mass is 10.2. The zero-order valence-corrected chi connectivity index (χ0v) is 8.93. The lowest BCUT2D eigenvalue weighted by Crippen LogP contribution is -3.05. The van der Waals surface area contributed by atoms with Crippen LogP contribution in [0.1, 0.15) is 6.42 Å². The Bertz CT molecular complexity index is 247. The van der Waals surface area contributed by atoms with Crippen molar-refractivity contribution in [1.29, 1.82) is 0 Å². The quantitative estimate of drug-likeness (QED) is 0.429. The van der Waals surface area contributed by atoms with Crippen molar-refractivity contribution in [3.63, 3.8) is 0 Å². The first-order valence-corrected chi connectivity index (χ1v) is 4.95. The molecule has 1 aliphatic rings. The highest BCUT2D eigenvalue weighted by atomic mass is 16.4. The monoisotopic (exact) mass is 217 g/mol. The summed E-state index contributed by atoms with van der Waals surface area (Å²) in [5.74, 6) is -1.39. The van der Waals surface area contributed by atoms with Gasteiger partial charge in [-0.15, -0.1) is 0 Å². The standard InChI is InChI=1S/C9H16N2O4/c1-10(2)4-3-5-11-8(14)6(12)7(13)9(11)15/h6-7,12-13H,3-5H2,1-2H3/p+1/t6-,7-/m0/s1. The predicted octanol–water partition coefficient (Wildman–Crippen LogP) is -3.39. The number of hydrogen-bond donors (Lipinski definition) is 3. The Labute approximate surface area is 88.1 Å². The van der Waals surface area contributed by atoms with Gasteiger partial charge < -0.3 is 15.1 Å². The lowest BCUT2D eigenvalue weighted by Gasteiger charge is -2.14. The normalized spacial score (nSPS) is 26.9. The Morgan fingerprint density at radius 1 is 1.20 bits per heavy atom. The minimum absolute atomic E-state index is 0.261. The van der Waals surface area contributed by atoms with Crippen molar-refractivity contribution >= 4 is 11.8 Å². The molecule has 6 nitrogen and oxygen atoms in total. The van der Waals surface area contributed by atoms with Crippen molar-refractivity contribution < 1.29 is 24.7 Å². The fourth-order valence-electron chi connectivity index (χ4n) is 1.51. The van der Waals surface area contributed by atoms with Gasteiger partial charge in [-0.2, -0.15) is 0 Å². The molecule has 86 valence electrons. The number of nitrogens with one attached hydrogen (secondary N) is 1. The number of amides is 2. The first-order chi connectivity index (χ1) is 6.95. The van der Waals surface area contributed by atoms with Gasteiger partial charge in [-0.25, -0.2) is 0 Å². The summed E-state index contributed by atoms with van der Waals surface area (Å²) in [4.78, 5) is 24.7. The molecule has 15 heavy (non-hydrogen) atoms. The van der Waals surface area contributed by atoms with E-state index in [2.05, 4.69) is 0 Å². The van der Waals surface area contributed by atoms with Gasteiger partial charge >= 0.3 is 0 Å². The number of nitrogens with zero attached hydrogens (tertiary/aromatic N) is 1. The number of likely N-dealkylation sites (tertiary alicyclic amines) is 1. The van der Waals surface area contributed by atoms with Gasteiger partial charge in [0.2, 0.25) is 0 Å². The summed E-state index contributed by atoms with van der Waals surface area (Å²) in [7, 11) is 3.94. The Kier molecular flexibility index (Phi) is 3.78. The van der Waals surface area contributed by atoms with Gasteiger partial charge in [-0.1, -0.05) is 0 Å². The van der Waals surface area contributed by atoms with Crippen LogP contribution in [0, 0.1) is 0 Å². The zero-order chi connectivity index (χ0) is 11.6. The summed E-state index contributed by atoms with van der Waals surface area (Å²) in [6.07, 6.45) is -2.49. The molecule has 0 aromatic rings. The average molecular weight is 217 g/mol. The van der Waals surface area contributed by atoms with E-state index < -0.39 is 24.0 Å². The largest absolute Gasteiger partial charge is 0.380 e. The predicted molar refractivity (Wildman–Crippen MR) is 51.0 cm³/mol.